The summed E-state index contributed by atoms with van der Waals surface area (Å²) in [4.78, 5) is 43.8. The molecule has 0 aliphatic carbocycles. The van der Waals surface area contributed by atoms with Crippen molar-refractivity contribution in [2.75, 3.05) is 6.61 Å². The molecule has 0 spiro atoms. The number of hydrogen-bond acceptors (Lipinski definition) is 7. The number of carbonyl (C=O) groups is 4. The van der Waals surface area contributed by atoms with Crippen molar-refractivity contribution in [2.45, 2.75) is 32.4 Å². The summed E-state index contributed by atoms with van der Waals surface area (Å²) in [5, 5.41) is 12.6. The van der Waals surface area contributed by atoms with Crippen molar-refractivity contribution in [3.8, 4) is 0 Å². The molecule has 1 aliphatic rings. The molecule has 0 aromatic carbocycles. The molecule has 128 valence electrons. The molecule has 23 heavy (non-hydrogen) atoms. The lowest BCUT2D eigenvalue weighted by Crippen LogP contribution is -2.44. The summed E-state index contributed by atoms with van der Waals surface area (Å²) in [6, 6.07) is -0.718. The number of imide groups is 1. The van der Waals surface area contributed by atoms with E-state index in [-0.39, 0.29) is 37.5 Å². The third-order valence-corrected chi connectivity index (χ3v) is 2.49. The predicted molar refractivity (Wildman–Crippen MR) is 74.4 cm³/mol. The molecule has 11 nitrogen and oxygen atoms in total. The van der Waals surface area contributed by atoms with E-state index >= 15 is 0 Å². The van der Waals surface area contributed by atoms with Crippen LogP contribution in [0.25, 0.3) is 0 Å². The van der Waals surface area contributed by atoms with E-state index in [1.165, 1.54) is 6.20 Å². The van der Waals surface area contributed by atoms with Gasteiger partial charge in [-0.15, -0.1) is 0 Å². The monoisotopic (exact) mass is 330 g/mol. The fraction of sp³-hybridized carbons (Fsp3) is 0.500. The number of ether oxygens (including phenoxy) is 2. The first-order chi connectivity index (χ1) is 10.9. The van der Waals surface area contributed by atoms with Crippen LogP contribution in [0.2, 0.25) is 0 Å². The van der Waals surface area contributed by atoms with Gasteiger partial charge in [0.05, 0.1) is 0 Å². The van der Waals surface area contributed by atoms with Crippen molar-refractivity contribution in [1.82, 2.24) is 21.5 Å². The maximum absolute atomic E-state index is 11.4. The predicted octanol–water partition coefficient (Wildman–Crippen LogP) is -0.484. The van der Waals surface area contributed by atoms with Crippen LogP contribution >= 0.6 is 0 Å². The van der Waals surface area contributed by atoms with Crippen molar-refractivity contribution in [2.24, 2.45) is 0 Å². The number of amides is 4. The molecule has 0 fully saturated rings. The molecule has 0 saturated heterocycles. The fourth-order valence-electron chi connectivity index (χ4n) is 1.41. The number of carboxylic acid groups (broad SMARTS) is 1. The average molecular weight is 330 g/mol. The number of cyclic esters (lactones) is 1. The van der Waals surface area contributed by atoms with Gasteiger partial charge in [0, 0.05) is 19.0 Å². The van der Waals surface area contributed by atoms with Crippen LogP contribution in [0.15, 0.2) is 12.0 Å². The Hall–Kier alpha value is -2.66. The van der Waals surface area contributed by atoms with Crippen molar-refractivity contribution in [1.29, 1.82) is 0 Å². The van der Waals surface area contributed by atoms with E-state index in [0.717, 1.165) is 0 Å². The van der Waals surface area contributed by atoms with E-state index in [1.54, 1.807) is 6.92 Å². The van der Waals surface area contributed by atoms with Gasteiger partial charge in [-0.3, -0.25) is 15.0 Å². The summed E-state index contributed by atoms with van der Waals surface area (Å²) in [6.07, 6.45) is -0.164. The molecule has 1 rings (SSSR count). The van der Waals surface area contributed by atoms with Gasteiger partial charge >= 0.3 is 18.1 Å². The molecule has 1 aliphatic heterocycles. The molecule has 11 heteroatoms. The highest BCUT2D eigenvalue weighted by Gasteiger charge is 2.16. The van der Waals surface area contributed by atoms with E-state index in [2.05, 4.69) is 16.2 Å². The topological polar surface area (TPSA) is 155 Å². The van der Waals surface area contributed by atoms with Crippen LogP contribution in [-0.4, -0.2) is 41.9 Å². The smallest absolute Gasteiger partial charge is 0.420 e. The van der Waals surface area contributed by atoms with Gasteiger partial charge in [-0.25, -0.2) is 20.3 Å². The Morgan fingerprint density at radius 2 is 2.13 bits per heavy atom. The second-order valence-electron chi connectivity index (χ2n) is 4.49. The summed E-state index contributed by atoms with van der Waals surface area (Å²) >= 11 is 0. The summed E-state index contributed by atoms with van der Waals surface area (Å²) in [6.45, 7) is 1.46. The summed E-state index contributed by atoms with van der Waals surface area (Å²) in [5.41, 5.74) is 4.91. The Morgan fingerprint density at radius 1 is 1.39 bits per heavy atom. The molecule has 0 aromatic rings. The molecule has 0 radical (unpaired) electrons. The van der Waals surface area contributed by atoms with Crippen LogP contribution < -0.4 is 21.5 Å². The van der Waals surface area contributed by atoms with Gasteiger partial charge in [0.25, 0.3) is 0 Å². The van der Waals surface area contributed by atoms with E-state index in [0.29, 0.717) is 0 Å². The van der Waals surface area contributed by atoms with E-state index < -0.39 is 24.3 Å². The van der Waals surface area contributed by atoms with Gasteiger partial charge in [0.1, 0.15) is 12.8 Å². The average Bonchev–Trinajstić information content (AvgIpc) is 2.63. The third-order valence-electron chi connectivity index (χ3n) is 2.49. The zero-order valence-electron chi connectivity index (χ0n) is 12.4. The molecule has 1 atom stereocenters. The van der Waals surface area contributed by atoms with Gasteiger partial charge < -0.3 is 19.9 Å². The molecule has 1 heterocycles. The van der Waals surface area contributed by atoms with Gasteiger partial charge in [0.15, 0.2) is 5.76 Å². The summed E-state index contributed by atoms with van der Waals surface area (Å²) in [5.74, 6) is -1.26. The quantitative estimate of drug-likeness (QED) is 0.280. The first-order valence-corrected chi connectivity index (χ1v) is 6.73. The molecule has 4 amide bonds. The van der Waals surface area contributed by atoms with Gasteiger partial charge in [-0.2, -0.15) is 0 Å². The van der Waals surface area contributed by atoms with Crippen LogP contribution in [-0.2, 0) is 19.1 Å². The van der Waals surface area contributed by atoms with E-state index in [1.807, 2.05) is 5.32 Å². The molecular weight excluding hydrogens is 312 g/mol. The number of carboxylic acids is 1. The zero-order chi connectivity index (χ0) is 17.2. The molecule has 0 saturated carbocycles. The number of hydrogen-bond donors (Lipinski definition) is 5. The Bertz CT molecular complexity index is 506. The van der Waals surface area contributed by atoms with Gasteiger partial charge in [0.2, 0.25) is 5.91 Å². The normalized spacial score (nSPS) is 15.4. The molecule has 0 aromatic heterocycles. The molecule has 5 N–H and O–H groups in total. The number of aliphatic carboxylic acids is 1. The summed E-state index contributed by atoms with van der Waals surface area (Å²) in [7, 11) is 0. The SMILES string of the molecule is C[C@@H](NNC(=O)CCCC(=O)O)OCC1=CNC(=O)NC(=O)O1. The second-order valence-corrected chi connectivity index (χ2v) is 4.49. The largest absolute Gasteiger partial charge is 0.481 e. The Labute approximate surface area is 131 Å². The van der Waals surface area contributed by atoms with Crippen LogP contribution in [0.4, 0.5) is 9.59 Å². The van der Waals surface area contributed by atoms with Crippen molar-refractivity contribution in [3.63, 3.8) is 0 Å². The zero-order valence-corrected chi connectivity index (χ0v) is 12.4. The van der Waals surface area contributed by atoms with Crippen molar-refractivity contribution in [3.05, 3.63) is 12.0 Å². The number of carbonyl (C=O) groups excluding carboxylic acids is 3. The fourth-order valence-corrected chi connectivity index (χ4v) is 1.41. The highest BCUT2D eigenvalue weighted by atomic mass is 16.6. The number of rotatable bonds is 9. The third kappa shape index (κ3) is 8.38. The Morgan fingerprint density at radius 3 is 2.83 bits per heavy atom. The van der Waals surface area contributed by atoms with Crippen LogP contribution in [0.1, 0.15) is 26.2 Å². The number of alkyl carbamates (subject to hydrolysis) is 1. The maximum Gasteiger partial charge on any atom is 0.420 e. The lowest BCUT2D eigenvalue weighted by atomic mass is 10.2. The Balaban J connectivity index is 2.22. The number of urea groups is 1. The van der Waals surface area contributed by atoms with E-state index in [9.17, 15) is 19.2 Å². The standard InChI is InChI=1S/C12H18N4O7/c1-7(15-16-9(17)3-2-4-10(18)19)22-6-8-5-13-11(20)14-12(21)23-8/h5,7,15H,2-4,6H2,1H3,(H,16,17)(H,18,19)(H2,13,14,20,21)/t7-/m0/s1. The number of nitrogens with one attached hydrogen (secondary N) is 4. The molecule has 0 unspecified atom stereocenters. The lowest BCUT2D eigenvalue weighted by Gasteiger charge is -2.16. The van der Waals surface area contributed by atoms with Crippen LogP contribution in [0, 0.1) is 0 Å². The van der Waals surface area contributed by atoms with Crippen molar-refractivity contribution >= 4 is 24.0 Å². The van der Waals surface area contributed by atoms with E-state index in [4.69, 9.17) is 14.6 Å². The second kappa shape index (κ2) is 9.38. The first-order valence-electron chi connectivity index (χ1n) is 6.73. The summed E-state index contributed by atoms with van der Waals surface area (Å²) < 4.78 is 10.0. The van der Waals surface area contributed by atoms with Crippen LogP contribution in [0.5, 0.6) is 0 Å². The number of hydrazine groups is 1. The first kappa shape index (κ1) is 18.4. The van der Waals surface area contributed by atoms with Crippen molar-refractivity contribution < 1.29 is 33.8 Å². The Kier molecular flexibility index (Phi) is 7.50. The minimum Gasteiger partial charge on any atom is -0.481 e. The molecular formula is C12H18N4O7. The van der Waals surface area contributed by atoms with Gasteiger partial charge in [-0.1, -0.05) is 0 Å². The lowest BCUT2D eigenvalue weighted by molar-refractivity contribution is -0.137. The highest BCUT2D eigenvalue weighted by molar-refractivity contribution is 5.92. The minimum absolute atomic E-state index is 0.0620. The van der Waals surface area contributed by atoms with Gasteiger partial charge in [-0.05, 0) is 13.3 Å². The maximum atomic E-state index is 11.4. The van der Waals surface area contributed by atoms with Crippen LogP contribution in [0.3, 0.4) is 0 Å². The molecule has 0 bridgehead atoms. The highest BCUT2D eigenvalue weighted by Crippen LogP contribution is 2.02. The minimum atomic E-state index is -0.963.